The predicted octanol–water partition coefficient (Wildman–Crippen LogP) is 9.75. The molecule has 3 aromatic carbocycles. The Morgan fingerprint density at radius 2 is 1.62 bits per heavy atom. The van der Waals surface area contributed by atoms with Crippen molar-refractivity contribution < 1.29 is 19.1 Å². The molecule has 8 rings (SSSR count). The van der Waals surface area contributed by atoms with Crippen molar-refractivity contribution in [2.24, 2.45) is 0 Å². The number of halogens is 2. The SMILES string of the molecule is C[C@@H](c1ccc(Cl)cc1)n1cnc(-c2ccccc2)c1-c1c(C(=O)Nc2cccnc2N2CCC(NC(=O)[C@@H]3CCCN3C(=O)OC(C)(C)C)CC2)[nH]c2cc(Cl)ccc12. The van der Waals surface area contributed by atoms with Gasteiger partial charge in [-0.05, 0) is 95.3 Å². The van der Waals surface area contributed by atoms with E-state index in [4.69, 9.17) is 37.9 Å². The van der Waals surface area contributed by atoms with Crippen LogP contribution in [0.2, 0.25) is 10.0 Å². The van der Waals surface area contributed by atoms with Crippen LogP contribution in [0.4, 0.5) is 16.3 Å². The normalized spacial score (nSPS) is 16.5. The molecule has 3 N–H and O–H groups in total. The summed E-state index contributed by atoms with van der Waals surface area (Å²) in [6, 6.07) is 26.1. The molecule has 2 aliphatic heterocycles. The summed E-state index contributed by atoms with van der Waals surface area (Å²) < 4.78 is 7.67. The first-order chi connectivity index (χ1) is 28.8. The quantitative estimate of drug-likeness (QED) is 0.132. The summed E-state index contributed by atoms with van der Waals surface area (Å²) in [4.78, 5) is 57.8. The molecule has 0 unspecified atom stereocenters. The number of imidazole rings is 1. The van der Waals surface area contributed by atoms with Crippen molar-refractivity contribution >= 4 is 63.5 Å². The summed E-state index contributed by atoms with van der Waals surface area (Å²) in [6.45, 7) is 9.25. The number of carbonyl (C=O) groups is 3. The van der Waals surface area contributed by atoms with Crippen molar-refractivity contribution in [1.82, 2.24) is 29.7 Å². The summed E-state index contributed by atoms with van der Waals surface area (Å²) >= 11 is 12.8. The first kappa shape index (κ1) is 40.9. The van der Waals surface area contributed by atoms with E-state index in [1.54, 1.807) is 17.2 Å². The minimum Gasteiger partial charge on any atom is -0.444 e. The fourth-order valence-corrected chi connectivity index (χ4v) is 8.54. The van der Waals surface area contributed by atoms with Gasteiger partial charge in [0.25, 0.3) is 5.91 Å². The van der Waals surface area contributed by atoms with Crippen LogP contribution in [-0.2, 0) is 9.53 Å². The molecule has 310 valence electrons. The number of H-pyrrole nitrogens is 1. The third-order valence-corrected chi connectivity index (χ3v) is 11.7. The highest BCUT2D eigenvalue weighted by molar-refractivity contribution is 6.31. The number of nitrogens with one attached hydrogen (secondary N) is 3. The number of benzene rings is 3. The van der Waals surface area contributed by atoms with Gasteiger partial charge in [-0.15, -0.1) is 0 Å². The number of fused-ring (bicyclic) bond motifs is 1. The second kappa shape index (κ2) is 17.0. The first-order valence-electron chi connectivity index (χ1n) is 20.3. The average molecular weight is 848 g/mol. The standard InChI is InChI=1S/C46H48Cl2N8O4/c1-28(29-14-16-31(47)17-15-29)56-27-50-39(30-10-6-5-7-11-30)41(56)38-34-19-18-32(48)26-36(34)52-40(38)44(58)53-35-12-8-22-49-42(35)54-24-20-33(21-25-54)51-43(57)37-13-9-23-55(37)45(59)60-46(2,3)4/h5-8,10-12,14-19,22,26-28,33,37,52H,9,13,20-21,23-25H2,1-4H3,(H,51,57)(H,53,58)/t28-,37-/m0/s1. The Bertz CT molecular complexity index is 2520. The molecular formula is C46H48Cl2N8O4. The Labute approximate surface area is 359 Å². The molecule has 5 heterocycles. The van der Waals surface area contributed by atoms with E-state index in [0.717, 1.165) is 34.3 Å². The number of hydrogen-bond acceptors (Lipinski definition) is 7. The first-order valence-corrected chi connectivity index (χ1v) is 21.1. The van der Waals surface area contributed by atoms with Crippen LogP contribution in [-0.4, -0.2) is 79.6 Å². The molecule has 60 heavy (non-hydrogen) atoms. The third-order valence-electron chi connectivity index (χ3n) is 11.2. The molecule has 0 radical (unpaired) electrons. The van der Waals surface area contributed by atoms with Gasteiger partial charge in [0.2, 0.25) is 5.91 Å². The van der Waals surface area contributed by atoms with Gasteiger partial charge in [-0.3, -0.25) is 14.5 Å². The molecule has 2 atom stereocenters. The Balaban J connectivity index is 1.06. The van der Waals surface area contributed by atoms with Gasteiger partial charge in [-0.2, -0.15) is 0 Å². The highest BCUT2D eigenvalue weighted by Crippen LogP contribution is 2.42. The summed E-state index contributed by atoms with van der Waals surface area (Å²) in [5.74, 6) is 0.123. The number of carbonyl (C=O) groups excluding carboxylic acids is 3. The zero-order valence-corrected chi connectivity index (χ0v) is 35.6. The molecule has 2 aliphatic rings. The summed E-state index contributed by atoms with van der Waals surface area (Å²) in [7, 11) is 0. The monoisotopic (exact) mass is 846 g/mol. The Kier molecular flexibility index (Phi) is 11.6. The van der Waals surface area contributed by atoms with E-state index in [-0.39, 0.29) is 23.9 Å². The molecule has 6 aromatic rings. The molecule has 2 saturated heterocycles. The lowest BCUT2D eigenvalue weighted by atomic mass is 9.99. The van der Waals surface area contributed by atoms with Crippen LogP contribution >= 0.6 is 23.2 Å². The van der Waals surface area contributed by atoms with Gasteiger partial charge < -0.3 is 29.8 Å². The minimum atomic E-state index is -0.643. The fourth-order valence-electron chi connectivity index (χ4n) is 8.24. The maximum absolute atomic E-state index is 14.8. The number of pyridine rings is 1. The van der Waals surface area contributed by atoms with Crippen LogP contribution in [0.25, 0.3) is 33.4 Å². The lowest BCUT2D eigenvalue weighted by Crippen LogP contribution is -2.52. The molecule has 0 aliphatic carbocycles. The van der Waals surface area contributed by atoms with Crippen molar-refractivity contribution in [3.63, 3.8) is 0 Å². The van der Waals surface area contributed by atoms with E-state index in [2.05, 4.69) is 32.0 Å². The van der Waals surface area contributed by atoms with Gasteiger partial charge in [0.1, 0.15) is 17.3 Å². The molecule has 0 bridgehead atoms. The second-order valence-electron chi connectivity index (χ2n) is 16.4. The molecule has 3 amide bonds. The van der Waals surface area contributed by atoms with Gasteiger partial charge >= 0.3 is 6.09 Å². The van der Waals surface area contributed by atoms with Crippen molar-refractivity contribution in [3.05, 3.63) is 119 Å². The number of aromatic amines is 1. The van der Waals surface area contributed by atoms with Crippen LogP contribution < -0.4 is 15.5 Å². The van der Waals surface area contributed by atoms with Gasteiger partial charge in [-0.1, -0.05) is 71.7 Å². The van der Waals surface area contributed by atoms with Gasteiger partial charge in [0, 0.05) is 63.9 Å². The number of aromatic nitrogens is 4. The zero-order chi connectivity index (χ0) is 42.1. The van der Waals surface area contributed by atoms with Crippen LogP contribution in [0.5, 0.6) is 0 Å². The molecule has 0 spiro atoms. The van der Waals surface area contributed by atoms with Gasteiger partial charge in [-0.25, -0.2) is 14.8 Å². The largest absolute Gasteiger partial charge is 0.444 e. The predicted molar refractivity (Wildman–Crippen MR) is 237 cm³/mol. The van der Waals surface area contributed by atoms with Crippen molar-refractivity contribution in [3.8, 4) is 22.5 Å². The van der Waals surface area contributed by atoms with Crippen LogP contribution in [0.1, 0.15) is 75.5 Å². The Morgan fingerprint density at radius 3 is 2.35 bits per heavy atom. The molecule has 14 heteroatoms. The molecule has 12 nitrogen and oxygen atoms in total. The fraction of sp³-hybridized carbons (Fsp3) is 0.326. The van der Waals surface area contributed by atoms with E-state index < -0.39 is 17.7 Å². The number of likely N-dealkylation sites (tertiary alicyclic amines) is 1. The number of rotatable bonds is 9. The van der Waals surface area contributed by atoms with Crippen LogP contribution in [0.3, 0.4) is 0 Å². The smallest absolute Gasteiger partial charge is 0.410 e. The van der Waals surface area contributed by atoms with Crippen molar-refractivity contribution in [2.45, 2.75) is 77.1 Å². The summed E-state index contributed by atoms with van der Waals surface area (Å²) in [6.07, 6.45) is 5.76. The van der Waals surface area contributed by atoms with E-state index in [1.165, 1.54) is 0 Å². The van der Waals surface area contributed by atoms with Crippen LogP contribution in [0.15, 0.2) is 97.5 Å². The van der Waals surface area contributed by atoms with Crippen molar-refractivity contribution in [1.29, 1.82) is 0 Å². The lowest BCUT2D eigenvalue weighted by molar-refractivity contribution is -0.126. The summed E-state index contributed by atoms with van der Waals surface area (Å²) in [5, 5.41) is 8.38. The Hall–Kier alpha value is -5.85. The van der Waals surface area contributed by atoms with Crippen molar-refractivity contribution in [2.75, 3.05) is 29.9 Å². The van der Waals surface area contributed by atoms with Gasteiger partial charge in [0.15, 0.2) is 5.82 Å². The van der Waals surface area contributed by atoms with E-state index in [9.17, 15) is 14.4 Å². The van der Waals surface area contributed by atoms with E-state index in [1.807, 2.05) is 106 Å². The summed E-state index contributed by atoms with van der Waals surface area (Å²) in [5.41, 5.74) is 5.07. The highest BCUT2D eigenvalue weighted by Gasteiger charge is 2.38. The van der Waals surface area contributed by atoms with Crippen LogP contribution in [0, 0.1) is 0 Å². The number of nitrogens with zero attached hydrogens (tertiary/aromatic N) is 5. The topological polar surface area (TPSA) is 137 Å². The zero-order valence-electron chi connectivity index (χ0n) is 34.0. The number of piperidine rings is 1. The minimum absolute atomic E-state index is 0.0729. The molecule has 0 saturated carbocycles. The Morgan fingerprint density at radius 1 is 0.883 bits per heavy atom. The second-order valence-corrected chi connectivity index (χ2v) is 17.3. The lowest BCUT2D eigenvalue weighted by Gasteiger charge is -2.35. The number of hydrogen-bond donors (Lipinski definition) is 3. The maximum Gasteiger partial charge on any atom is 0.410 e. The molecule has 2 fully saturated rings. The van der Waals surface area contributed by atoms with Gasteiger partial charge in [0.05, 0.1) is 29.4 Å². The third kappa shape index (κ3) is 8.57. The number of ether oxygens (including phenoxy) is 1. The molecular weight excluding hydrogens is 799 g/mol. The number of amides is 3. The maximum atomic E-state index is 14.8. The molecule has 3 aromatic heterocycles. The van der Waals surface area contributed by atoms with E-state index >= 15 is 0 Å². The average Bonchev–Trinajstić information content (AvgIpc) is 3.99. The van der Waals surface area contributed by atoms with E-state index in [0.29, 0.717) is 77.2 Å². The number of anilines is 2. The highest BCUT2D eigenvalue weighted by atomic mass is 35.5.